The van der Waals surface area contributed by atoms with Crippen molar-refractivity contribution in [1.29, 1.82) is 0 Å². The van der Waals surface area contributed by atoms with Crippen LogP contribution >= 0.6 is 0 Å². The van der Waals surface area contributed by atoms with Crippen molar-refractivity contribution in [2.45, 2.75) is 20.8 Å². The molecule has 0 radical (unpaired) electrons. The van der Waals surface area contributed by atoms with Crippen LogP contribution in [0.1, 0.15) is 34.0 Å². The van der Waals surface area contributed by atoms with E-state index in [1.54, 1.807) is 12.2 Å². The standard InChI is InChI=1S/C19H19NO2/c1-13-4-8-17(12-14(13)2)19(22)11-7-16-5-9-18(10-6-16)20-15(3)21/h4-12H,1-3H3,(H,20,21)/b11-7+. The molecule has 0 bridgehead atoms. The summed E-state index contributed by atoms with van der Waals surface area (Å²) in [5.41, 5.74) is 4.62. The van der Waals surface area contributed by atoms with Gasteiger partial charge in [0.1, 0.15) is 0 Å². The number of carbonyl (C=O) groups is 2. The molecule has 0 aliphatic carbocycles. The van der Waals surface area contributed by atoms with Crippen molar-refractivity contribution in [3.05, 3.63) is 70.8 Å². The Morgan fingerprint density at radius 3 is 2.23 bits per heavy atom. The smallest absolute Gasteiger partial charge is 0.221 e. The molecule has 3 heteroatoms. The lowest BCUT2D eigenvalue weighted by Crippen LogP contribution is -2.05. The molecule has 0 atom stereocenters. The fourth-order valence-electron chi connectivity index (χ4n) is 2.04. The Labute approximate surface area is 130 Å². The number of aryl methyl sites for hydroxylation is 2. The van der Waals surface area contributed by atoms with Crippen LogP contribution in [0.3, 0.4) is 0 Å². The number of amides is 1. The van der Waals surface area contributed by atoms with Gasteiger partial charge in [-0.15, -0.1) is 0 Å². The van der Waals surface area contributed by atoms with Crippen molar-refractivity contribution < 1.29 is 9.59 Å². The van der Waals surface area contributed by atoms with Gasteiger partial charge in [0.2, 0.25) is 5.91 Å². The zero-order valence-electron chi connectivity index (χ0n) is 13.0. The first-order chi connectivity index (χ1) is 10.5. The van der Waals surface area contributed by atoms with Gasteiger partial charge in [0.15, 0.2) is 5.78 Å². The molecule has 0 aromatic heterocycles. The first kappa shape index (κ1) is 15.7. The van der Waals surface area contributed by atoms with E-state index < -0.39 is 0 Å². The van der Waals surface area contributed by atoms with Crippen molar-refractivity contribution in [2.24, 2.45) is 0 Å². The van der Waals surface area contributed by atoms with Crippen LogP contribution < -0.4 is 5.32 Å². The van der Waals surface area contributed by atoms with E-state index in [2.05, 4.69) is 5.32 Å². The molecule has 0 heterocycles. The lowest BCUT2D eigenvalue weighted by atomic mass is 10.0. The van der Waals surface area contributed by atoms with Gasteiger partial charge in [-0.2, -0.15) is 0 Å². The third-order valence-corrected chi connectivity index (χ3v) is 3.45. The van der Waals surface area contributed by atoms with Crippen LogP contribution in [0.2, 0.25) is 0 Å². The zero-order chi connectivity index (χ0) is 16.1. The van der Waals surface area contributed by atoms with Gasteiger partial charge in [-0.3, -0.25) is 9.59 Å². The van der Waals surface area contributed by atoms with Gasteiger partial charge >= 0.3 is 0 Å². The topological polar surface area (TPSA) is 46.2 Å². The summed E-state index contributed by atoms with van der Waals surface area (Å²) in [6, 6.07) is 13.0. The van der Waals surface area contributed by atoms with Gasteiger partial charge in [-0.05, 0) is 54.8 Å². The van der Waals surface area contributed by atoms with Crippen LogP contribution in [0.25, 0.3) is 6.08 Å². The third kappa shape index (κ3) is 4.16. The van der Waals surface area contributed by atoms with Crippen LogP contribution in [0, 0.1) is 13.8 Å². The summed E-state index contributed by atoms with van der Waals surface area (Å²) in [6.45, 7) is 5.49. The molecule has 2 aromatic carbocycles. The molecule has 0 unspecified atom stereocenters. The minimum absolute atomic E-state index is 0.0194. The Kier molecular flexibility index (Phi) is 4.89. The summed E-state index contributed by atoms with van der Waals surface area (Å²) in [7, 11) is 0. The molecule has 2 aromatic rings. The molecule has 112 valence electrons. The second-order valence-corrected chi connectivity index (χ2v) is 5.30. The van der Waals surface area contributed by atoms with E-state index in [1.807, 2.05) is 56.3 Å². The molecular formula is C19H19NO2. The molecule has 0 saturated carbocycles. The van der Waals surface area contributed by atoms with E-state index in [0.29, 0.717) is 5.56 Å². The summed E-state index contributed by atoms with van der Waals surface area (Å²) in [5.74, 6) is -0.123. The van der Waals surface area contributed by atoms with Gasteiger partial charge in [0.25, 0.3) is 0 Å². The Morgan fingerprint density at radius 2 is 1.64 bits per heavy atom. The highest BCUT2D eigenvalue weighted by Gasteiger charge is 2.03. The van der Waals surface area contributed by atoms with Crippen molar-refractivity contribution >= 4 is 23.5 Å². The second kappa shape index (κ2) is 6.85. The van der Waals surface area contributed by atoms with E-state index in [9.17, 15) is 9.59 Å². The summed E-state index contributed by atoms with van der Waals surface area (Å²) in [5, 5.41) is 2.70. The highest BCUT2D eigenvalue weighted by Crippen LogP contribution is 2.13. The molecule has 22 heavy (non-hydrogen) atoms. The number of allylic oxidation sites excluding steroid dienone is 1. The number of rotatable bonds is 4. The fourth-order valence-corrected chi connectivity index (χ4v) is 2.04. The fraction of sp³-hybridized carbons (Fsp3) is 0.158. The van der Waals surface area contributed by atoms with Gasteiger partial charge in [0.05, 0.1) is 0 Å². The molecule has 3 nitrogen and oxygen atoms in total. The Morgan fingerprint density at radius 1 is 0.955 bits per heavy atom. The van der Waals surface area contributed by atoms with E-state index >= 15 is 0 Å². The Hall–Kier alpha value is -2.68. The van der Waals surface area contributed by atoms with Gasteiger partial charge in [0, 0.05) is 18.2 Å². The first-order valence-electron chi connectivity index (χ1n) is 7.13. The predicted octanol–water partition coefficient (Wildman–Crippen LogP) is 4.16. The lowest BCUT2D eigenvalue weighted by Gasteiger charge is -2.03. The number of ketones is 1. The molecule has 0 fully saturated rings. The summed E-state index contributed by atoms with van der Waals surface area (Å²) >= 11 is 0. The van der Waals surface area contributed by atoms with Gasteiger partial charge in [-0.1, -0.05) is 30.3 Å². The molecule has 2 rings (SSSR count). The average Bonchev–Trinajstić information content (AvgIpc) is 2.48. The number of hydrogen-bond donors (Lipinski definition) is 1. The first-order valence-corrected chi connectivity index (χ1v) is 7.13. The lowest BCUT2D eigenvalue weighted by molar-refractivity contribution is -0.114. The largest absolute Gasteiger partial charge is 0.326 e. The molecule has 1 amide bonds. The second-order valence-electron chi connectivity index (χ2n) is 5.30. The summed E-state index contributed by atoms with van der Waals surface area (Å²) < 4.78 is 0. The molecule has 0 spiro atoms. The number of nitrogens with one attached hydrogen (secondary N) is 1. The molecule has 0 saturated heterocycles. The Balaban J connectivity index is 2.08. The highest BCUT2D eigenvalue weighted by molar-refractivity contribution is 6.07. The van der Waals surface area contributed by atoms with Crippen LogP contribution in [0.15, 0.2) is 48.5 Å². The van der Waals surface area contributed by atoms with Crippen molar-refractivity contribution in [1.82, 2.24) is 0 Å². The number of hydrogen-bond acceptors (Lipinski definition) is 2. The monoisotopic (exact) mass is 293 g/mol. The van der Waals surface area contributed by atoms with Crippen LogP contribution in [0.4, 0.5) is 5.69 Å². The third-order valence-electron chi connectivity index (χ3n) is 3.45. The number of carbonyl (C=O) groups excluding carboxylic acids is 2. The maximum Gasteiger partial charge on any atom is 0.221 e. The minimum atomic E-state index is -0.104. The van der Waals surface area contributed by atoms with Gasteiger partial charge in [-0.25, -0.2) is 0 Å². The minimum Gasteiger partial charge on any atom is -0.326 e. The summed E-state index contributed by atoms with van der Waals surface area (Å²) in [6.07, 6.45) is 3.34. The number of benzene rings is 2. The SMILES string of the molecule is CC(=O)Nc1ccc(/C=C/C(=O)c2ccc(C)c(C)c2)cc1. The van der Waals surface area contributed by atoms with E-state index in [-0.39, 0.29) is 11.7 Å². The van der Waals surface area contributed by atoms with E-state index in [1.165, 1.54) is 12.5 Å². The highest BCUT2D eigenvalue weighted by atomic mass is 16.1. The maximum absolute atomic E-state index is 12.2. The molecule has 1 N–H and O–H groups in total. The number of anilines is 1. The van der Waals surface area contributed by atoms with Crippen LogP contribution in [-0.2, 0) is 4.79 Å². The quantitative estimate of drug-likeness (QED) is 0.679. The summed E-state index contributed by atoms with van der Waals surface area (Å²) in [4.78, 5) is 23.1. The molecular weight excluding hydrogens is 274 g/mol. The van der Waals surface area contributed by atoms with Crippen molar-refractivity contribution in [2.75, 3.05) is 5.32 Å². The molecule has 0 aliphatic heterocycles. The average molecular weight is 293 g/mol. The molecule has 0 aliphatic rings. The zero-order valence-corrected chi connectivity index (χ0v) is 13.0. The van der Waals surface area contributed by atoms with Crippen LogP contribution in [-0.4, -0.2) is 11.7 Å². The normalized spacial score (nSPS) is 10.7. The predicted molar refractivity (Wildman–Crippen MR) is 90.0 cm³/mol. The van der Waals surface area contributed by atoms with E-state index in [0.717, 1.165) is 16.8 Å². The Bertz CT molecular complexity index is 728. The van der Waals surface area contributed by atoms with Crippen LogP contribution in [0.5, 0.6) is 0 Å². The van der Waals surface area contributed by atoms with Gasteiger partial charge < -0.3 is 5.32 Å². The van der Waals surface area contributed by atoms with Crippen molar-refractivity contribution in [3.63, 3.8) is 0 Å². The van der Waals surface area contributed by atoms with E-state index in [4.69, 9.17) is 0 Å². The van der Waals surface area contributed by atoms with Crippen molar-refractivity contribution in [3.8, 4) is 0 Å². The maximum atomic E-state index is 12.2.